The average molecular weight is 228 g/mol. The Balaban J connectivity index is 0. The van der Waals surface area contributed by atoms with Crippen molar-refractivity contribution in [2.24, 2.45) is 0 Å². The molecule has 0 amide bonds. The van der Waals surface area contributed by atoms with E-state index in [4.69, 9.17) is 29.5 Å². The number of hydrogen-bond donors (Lipinski definition) is 5. The molecule has 0 aromatic heterocycles. The van der Waals surface area contributed by atoms with Gasteiger partial charge in [0.15, 0.2) is 0 Å². The predicted octanol–water partition coefficient (Wildman–Crippen LogP) is -1.44. The van der Waals surface area contributed by atoms with Crippen molar-refractivity contribution >= 4 is 14.1 Å². The van der Waals surface area contributed by atoms with Gasteiger partial charge in [0, 0.05) is 0 Å². The van der Waals surface area contributed by atoms with Gasteiger partial charge in [0.25, 0.3) is 0 Å². The Labute approximate surface area is 80.6 Å². The second kappa shape index (κ2) is 7.81. The topological polar surface area (TPSA) is 135 Å². The van der Waals surface area contributed by atoms with Crippen LogP contribution in [0.15, 0.2) is 11.6 Å². The minimum absolute atomic E-state index is 0.342. The highest BCUT2D eigenvalue weighted by Crippen LogP contribution is 2.25. The summed E-state index contributed by atoms with van der Waals surface area (Å²) in [6.07, 6.45) is 1.02. The Morgan fingerprint density at radius 2 is 1.79 bits per heavy atom. The van der Waals surface area contributed by atoms with E-state index in [1.54, 1.807) is 6.92 Å². The lowest BCUT2D eigenvalue weighted by Gasteiger charge is -1.97. The van der Waals surface area contributed by atoms with Gasteiger partial charge < -0.3 is 24.9 Å². The molecule has 0 aromatic rings. The van der Waals surface area contributed by atoms with Crippen LogP contribution in [-0.4, -0.2) is 43.9 Å². The molecule has 0 aromatic carbocycles. The van der Waals surface area contributed by atoms with Crippen molar-refractivity contribution in [2.75, 3.05) is 6.61 Å². The highest BCUT2D eigenvalue weighted by molar-refractivity contribution is 7.45. The lowest BCUT2D eigenvalue weighted by Crippen LogP contribution is -2.08. The van der Waals surface area contributed by atoms with Gasteiger partial charge in [-0.3, -0.25) is 4.79 Å². The predicted molar refractivity (Wildman–Crippen MR) is 47.2 cm³/mol. The highest BCUT2D eigenvalue weighted by atomic mass is 31.2. The van der Waals surface area contributed by atoms with Crippen LogP contribution in [0.3, 0.4) is 0 Å². The first-order chi connectivity index (χ1) is 6.20. The monoisotopic (exact) mass is 228 g/mol. The van der Waals surface area contributed by atoms with Crippen molar-refractivity contribution in [3.05, 3.63) is 11.6 Å². The van der Waals surface area contributed by atoms with Crippen molar-refractivity contribution < 1.29 is 34.3 Å². The van der Waals surface area contributed by atoms with Gasteiger partial charge in [-0.25, -0.2) is 4.57 Å². The normalized spacial score (nSPS) is 14.0. The molecule has 0 aliphatic carbocycles. The SMILES string of the molecule is CC(C=O)=CC(O)CO.O=P(O)(O)O. The molecule has 1 unspecified atom stereocenters. The zero-order valence-corrected chi connectivity index (χ0v) is 8.33. The lowest BCUT2D eigenvalue weighted by molar-refractivity contribution is -0.104. The molecule has 14 heavy (non-hydrogen) atoms. The minimum atomic E-state index is -4.64. The number of hydrogen-bond acceptors (Lipinski definition) is 4. The second-order valence-electron chi connectivity index (χ2n) is 2.29. The van der Waals surface area contributed by atoms with E-state index in [9.17, 15) is 4.79 Å². The van der Waals surface area contributed by atoms with Crippen LogP contribution in [-0.2, 0) is 9.36 Å². The number of aliphatic hydroxyl groups excluding tert-OH is 2. The van der Waals surface area contributed by atoms with E-state index < -0.39 is 13.9 Å². The maximum atomic E-state index is 9.90. The zero-order chi connectivity index (χ0) is 11.8. The Hall–Kier alpha value is -0.560. The fourth-order valence-corrected chi connectivity index (χ4v) is 0.395. The number of aldehydes is 1. The van der Waals surface area contributed by atoms with Crippen LogP contribution in [0.1, 0.15) is 6.92 Å². The number of carbonyl (C=O) groups is 1. The first-order valence-corrected chi connectivity index (χ1v) is 4.98. The van der Waals surface area contributed by atoms with E-state index >= 15 is 0 Å². The molecule has 84 valence electrons. The van der Waals surface area contributed by atoms with E-state index in [2.05, 4.69) is 0 Å². The quantitative estimate of drug-likeness (QED) is 0.226. The molecule has 0 bridgehead atoms. The maximum Gasteiger partial charge on any atom is 0.466 e. The van der Waals surface area contributed by atoms with Gasteiger partial charge in [-0.2, -0.15) is 0 Å². The van der Waals surface area contributed by atoms with Gasteiger partial charge in [-0.05, 0) is 18.6 Å². The molecule has 0 fully saturated rings. The Bertz CT molecular complexity index is 222. The molecule has 0 saturated carbocycles. The standard InChI is InChI=1S/C6H10O3.H3O4P/c1-5(3-7)2-6(9)4-8;1-5(2,3)4/h2-3,6,8-9H,4H2,1H3;(H3,1,2,3,4). The minimum Gasteiger partial charge on any atom is -0.393 e. The lowest BCUT2D eigenvalue weighted by atomic mass is 10.2. The van der Waals surface area contributed by atoms with Crippen molar-refractivity contribution in [2.45, 2.75) is 13.0 Å². The van der Waals surface area contributed by atoms with E-state index in [-0.39, 0.29) is 6.61 Å². The van der Waals surface area contributed by atoms with Crippen LogP contribution in [0.25, 0.3) is 0 Å². The van der Waals surface area contributed by atoms with E-state index in [1.165, 1.54) is 6.08 Å². The molecule has 8 heteroatoms. The summed E-state index contributed by atoms with van der Waals surface area (Å²) in [6.45, 7) is 1.22. The van der Waals surface area contributed by atoms with E-state index in [0.717, 1.165) is 0 Å². The molecule has 0 saturated heterocycles. The van der Waals surface area contributed by atoms with Gasteiger partial charge in [0.2, 0.25) is 0 Å². The van der Waals surface area contributed by atoms with Crippen LogP contribution in [0.5, 0.6) is 0 Å². The fourth-order valence-electron chi connectivity index (χ4n) is 0.395. The van der Waals surface area contributed by atoms with Gasteiger partial charge in [0.1, 0.15) is 6.29 Å². The van der Waals surface area contributed by atoms with E-state index in [0.29, 0.717) is 11.9 Å². The molecule has 0 aliphatic heterocycles. The summed E-state index contributed by atoms with van der Waals surface area (Å²) in [5, 5.41) is 16.9. The number of aliphatic hydroxyl groups is 2. The Morgan fingerprint density at radius 1 is 1.43 bits per heavy atom. The summed E-state index contributed by atoms with van der Waals surface area (Å²) in [7, 11) is -4.64. The van der Waals surface area contributed by atoms with Crippen LogP contribution < -0.4 is 0 Å². The summed E-state index contributed by atoms with van der Waals surface area (Å²) < 4.78 is 8.88. The molecule has 0 radical (unpaired) electrons. The molecule has 0 rings (SSSR count). The average Bonchev–Trinajstić information content (AvgIpc) is 2.01. The third-order valence-electron chi connectivity index (χ3n) is 0.828. The van der Waals surface area contributed by atoms with Crippen molar-refractivity contribution in [1.82, 2.24) is 0 Å². The Kier molecular flexibility index (Phi) is 8.86. The number of phosphoric acid groups is 1. The molecule has 0 spiro atoms. The Morgan fingerprint density at radius 3 is 2.00 bits per heavy atom. The van der Waals surface area contributed by atoms with Crippen LogP contribution >= 0.6 is 7.82 Å². The first kappa shape index (κ1) is 15.9. The number of carbonyl (C=O) groups excluding carboxylic acids is 1. The van der Waals surface area contributed by atoms with Crippen molar-refractivity contribution in [3.8, 4) is 0 Å². The van der Waals surface area contributed by atoms with Crippen LogP contribution in [0, 0.1) is 0 Å². The van der Waals surface area contributed by atoms with Crippen molar-refractivity contribution in [3.63, 3.8) is 0 Å². The summed E-state index contributed by atoms with van der Waals surface area (Å²) >= 11 is 0. The molecule has 0 aliphatic rings. The molecular formula is C6H13O7P. The number of rotatable bonds is 3. The van der Waals surface area contributed by atoms with Gasteiger partial charge >= 0.3 is 7.82 Å². The maximum absolute atomic E-state index is 9.90. The second-order valence-corrected chi connectivity index (χ2v) is 3.32. The van der Waals surface area contributed by atoms with Crippen molar-refractivity contribution in [1.29, 1.82) is 0 Å². The smallest absolute Gasteiger partial charge is 0.393 e. The molecule has 5 N–H and O–H groups in total. The van der Waals surface area contributed by atoms with Gasteiger partial charge in [-0.15, -0.1) is 0 Å². The van der Waals surface area contributed by atoms with Gasteiger partial charge in [-0.1, -0.05) is 0 Å². The summed E-state index contributed by atoms with van der Waals surface area (Å²) in [5.74, 6) is 0. The van der Waals surface area contributed by atoms with Crippen LogP contribution in [0.4, 0.5) is 0 Å². The van der Waals surface area contributed by atoms with E-state index in [1.807, 2.05) is 0 Å². The third kappa shape index (κ3) is 22.5. The molecule has 0 heterocycles. The molecular weight excluding hydrogens is 215 g/mol. The van der Waals surface area contributed by atoms with Crippen LogP contribution in [0.2, 0.25) is 0 Å². The fraction of sp³-hybridized carbons (Fsp3) is 0.500. The summed E-state index contributed by atoms with van der Waals surface area (Å²) in [6, 6.07) is 0. The molecule has 7 nitrogen and oxygen atoms in total. The zero-order valence-electron chi connectivity index (χ0n) is 7.44. The number of allylic oxidation sites excluding steroid dienone is 1. The summed E-state index contributed by atoms with van der Waals surface area (Å²) in [5.41, 5.74) is 0.427. The largest absolute Gasteiger partial charge is 0.466 e. The van der Waals surface area contributed by atoms with Gasteiger partial charge in [0.05, 0.1) is 12.7 Å². The highest BCUT2D eigenvalue weighted by Gasteiger charge is 2.00. The first-order valence-electron chi connectivity index (χ1n) is 3.41. The molecule has 1 atom stereocenters. The third-order valence-corrected chi connectivity index (χ3v) is 0.828. The summed E-state index contributed by atoms with van der Waals surface area (Å²) in [4.78, 5) is 31.5.